The van der Waals surface area contributed by atoms with Crippen molar-refractivity contribution < 1.29 is 14.6 Å². The van der Waals surface area contributed by atoms with Gasteiger partial charge in [0, 0.05) is 24.4 Å². The first-order chi connectivity index (χ1) is 7.09. The summed E-state index contributed by atoms with van der Waals surface area (Å²) in [5.41, 5.74) is 0.841. The molecule has 0 spiro atoms. The summed E-state index contributed by atoms with van der Waals surface area (Å²) in [7, 11) is 0. The van der Waals surface area contributed by atoms with Gasteiger partial charge in [-0.25, -0.2) is 0 Å². The maximum atomic E-state index is 10.4. The van der Waals surface area contributed by atoms with E-state index in [9.17, 15) is 4.79 Å². The second-order valence-electron chi connectivity index (χ2n) is 3.54. The summed E-state index contributed by atoms with van der Waals surface area (Å²) in [6.07, 6.45) is 3.92. The number of carbonyl (C=O) groups is 1. The summed E-state index contributed by atoms with van der Waals surface area (Å²) in [6, 6.07) is 1.76. The third-order valence-electron chi connectivity index (χ3n) is 1.83. The Bertz CT molecular complexity index is 336. The van der Waals surface area contributed by atoms with Crippen molar-refractivity contribution in [2.75, 3.05) is 0 Å². The van der Waals surface area contributed by atoms with Crippen LogP contribution in [0.5, 0.6) is 5.75 Å². The molecule has 0 amide bonds. The molecule has 0 aliphatic rings. The van der Waals surface area contributed by atoms with Gasteiger partial charge < -0.3 is 9.84 Å². The van der Waals surface area contributed by atoms with E-state index >= 15 is 0 Å². The van der Waals surface area contributed by atoms with E-state index in [0.29, 0.717) is 6.42 Å². The smallest absolute Gasteiger partial charge is 0.303 e. The summed E-state index contributed by atoms with van der Waals surface area (Å²) >= 11 is 0. The number of aliphatic carboxylic acids is 1. The molecule has 1 aromatic rings. The Morgan fingerprint density at radius 1 is 1.60 bits per heavy atom. The summed E-state index contributed by atoms with van der Waals surface area (Å²) in [6.45, 7) is 3.86. The molecule has 0 fully saturated rings. The van der Waals surface area contributed by atoms with Crippen LogP contribution in [0.3, 0.4) is 0 Å². The quantitative estimate of drug-likeness (QED) is 0.804. The second kappa shape index (κ2) is 5.34. The predicted octanol–water partition coefficient (Wildman–Crippen LogP) is 1.89. The Morgan fingerprint density at radius 2 is 2.33 bits per heavy atom. The number of nitrogens with zero attached hydrogens (tertiary/aromatic N) is 1. The molecule has 4 heteroatoms. The Morgan fingerprint density at radius 3 is 2.93 bits per heavy atom. The lowest BCUT2D eigenvalue weighted by atomic mass is 10.1. The fourth-order valence-corrected chi connectivity index (χ4v) is 1.21. The monoisotopic (exact) mass is 209 g/mol. The van der Waals surface area contributed by atoms with Crippen molar-refractivity contribution in [2.45, 2.75) is 32.8 Å². The van der Waals surface area contributed by atoms with Gasteiger partial charge in [-0.3, -0.25) is 9.78 Å². The van der Waals surface area contributed by atoms with Gasteiger partial charge >= 0.3 is 5.97 Å². The van der Waals surface area contributed by atoms with Gasteiger partial charge in [-0.2, -0.15) is 0 Å². The highest BCUT2D eigenvalue weighted by Crippen LogP contribution is 2.19. The highest BCUT2D eigenvalue weighted by Gasteiger charge is 2.07. The molecule has 1 heterocycles. The number of carboxylic acid groups (broad SMARTS) is 1. The van der Waals surface area contributed by atoms with Gasteiger partial charge in [0.2, 0.25) is 0 Å². The first-order valence-electron chi connectivity index (χ1n) is 4.91. The van der Waals surface area contributed by atoms with Gasteiger partial charge in [-0.15, -0.1) is 0 Å². The minimum atomic E-state index is -0.811. The molecule has 4 nitrogen and oxygen atoms in total. The summed E-state index contributed by atoms with van der Waals surface area (Å²) < 4.78 is 5.54. The molecule has 1 N–H and O–H groups in total. The minimum absolute atomic E-state index is 0.0796. The molecule has 0 atom stereocenters. The van der Waals surface area contributed by atoms with Gasteiger partial charge in [0.15, 0.2) is 0 Å². The average molecular weight is 209 g/mol. The molecule has 0 aliphatic heterocycles. The number of hydrogen-bond donors (Lipinski definition) is 1. The van der Waals surface area contributed by atoms with E-state index in [-0.39, 0.29) is 12.5 Å². The summed E-state index contributed by atoms with van der Waals surface area (Å²) in [5, 5.41) is 8.59. The molecule has 82 valence electrons. The zero-order valence-electron chi connectivity index (χ0n) is 8.93. The van der Waals surface area contributed by atoms with Crippen molar-refractivity contribution in [3.8, 4) is 5.75 Å². The Balaban J connectivity index is 2.72. The molecule has 0 radical (unpaired) electrons. The van der Waals surface area contributed by atoms with E-state index in [1.807, 2.05) is 13.8 Å². The molecular formula is C11H15NO3. The number of rotatable bonds is 5. The molecule has 0 aliphatic carbocycles. The summed E-state index contributed by atoms with van der Waals surface area (Å²) in [5.74, 6) is -0.0874. The largest absolute Gasteiger partial charge is 0.491 e. The van der Waals surface area contributed by atoms with Crippen LogP contribution in [0.2, 0.25) is 0 Å². The third kappa shape index (κ3) is 3.97. The highest BCUT2D eigenvalue weighted by molar-refractivity contribution is 5.67. The maximum Gasteiger partial charge on any atom is 0.303 e. The van der Waals surface area contributed by atoms with Crippen LogP contribution in [0.4, 0.5) is 0 Å². The average Bonchev–Trinajstić information content (AvgIpc) is 2.15. The van der Waals surface area contributed by atoms with E-state index in [1.54, 1.807) is 18.5 Å². The lowest BCUT2D eigenvalue weighted by Gasteiger charge is -2.12. The predicted molar refractivity (Wildman–Crippen MR) is 56.0 cm³/mol. The molecule has 0 aromatic carbocycles. The van der Waals surface area contributed by atoms with Gasteiger partial charge in [0.1, 0.15) is 5.75 Å². The van der Waals surface area contributed by atoms with E-state index in [0.717, 1.165) is 11.3 Å². The first kappa shape index (κ1) is 11.5. The number of aryl methyl sites for hydroxylation is 1. The van der Waals surface area contributed by atoms with Crippen LogP contribution in [0.25, 0.3) is 0 Å². The molecule has 15 heavy (non-hydrogen) atoms. The van der Waals surface area contributed by atoms with Crippen molar-refractivity contribution in [1.82, 2.24) is 4.98 Å². The van der Waals surface area contributed by atoms with Gasteiger partial charge in [0.05, 0.1) is 6.10 Å². The van der Waals surface area contributed by atoms with Gasteiger partial charge in [-0.05, 0) is 26.3 Å². The molecule has 0 saturated heterocycles. The minimum Gasteiger partial charge on any atom is -0.491 e. The van der Waals surface area contributed by atoms with E-state index in [1.165, 1.54) is 0 Å². The summed E-state index contributed by atoms with van der Waals surface area (Å²) in [4.78, 5) is 14.4. The second-order valence-corrected chi connectivity index (χ2v) is 3.54. The number of pyridine rings is 1. The zero-order chi connectivity index (χ0) is 11.3. The molecular weight excluding hydrogens is 194 g/mol. The Hall–Kier alpha value is -1.58. The van der Waals surface area contributed by atoms with E-state index in [4.69, 9.17) is 9.84 Å². The Kier molecular flexibility index (Phi) is 4.09. The molecule has 0 saturated carbocycles. The fraction of sp³-hybridized carbons (Fsp3) is 0.455. The maximum absolute atomic E-state index is 10.4. The van der Waals surface area contributed by atoms with Gasteiger partial charge in [-0.1, -0.05) is 0 Å². The molecule has 1 aromatic heterocycles. The molecule has 0 bridgehead atoms. The van der Waals surface area contributed by atoms with Crippen molar-refractivity contribution in [3.05, 3.63) is 24.0 Å². The van der Waals surface area contributed by atoms with Crippen LogP contribution in [0, 0.1) is 0 Å². The van der Waals surface area contributed by atoms with E-state index in [2.05, 4.69) is 4.98 Å². The highest BCUT2D eigenvalue weighted by atomic mass is 16.5. The normalized spacial score (nSPS) is 10.3. The number of hydrogen-bond acceptors (Lipinski definition) is 3. The number of ether oxygens (including phenoxy) is 1. The van der Waals surface area contributed by atoms with Crippen LogP contribution >= 0.6 is 0 Å². The fourth-order valence-electron chi connectivity index (χ4n) is 1.21. The number of carboxylic acids is 1. The Labute approximate surface area is 88.9 Å². The van der Waals surface area contributed by atoms with Crippen LogP contribution in [-0.4, -0.2) is 22.2 Å². The lowest BCUT2D eigenvalue weighted by molar-refractivity contribution is -0.136. The van der Waals surface area contributed by atoms with Crippen molar-refractivity contribution in [3.63, 3.8) is 0 Å². The van der Waals surface area contributed by atoms with Crippen LogP contribution < -0.4 is 4.74 Å². The first-order valence-corrected chi connectivity index (χ1v) is 4.91. The molecule has 0 unspecified atom stereocenters. The van der Waals surface area contributed by atoms with E-state index < -0.39 is 5.97 Å². The van der Waals surface area contributed by atoms with Gasteiger partial charge in [0.25, 0.3) is 0 Å². The number of aromatic nitrogens is 1. The molecule has 1 rings (SSSR count). The van der Waals surface area contributed by atoms with Crippen molar-refractivity contribution in [2.24, 2.45) is 0 Å². The SMILES string of the molecule is CC(C)Oc1ccncc1CCC(=O)O. The van der Waals surface area contributed by atoms with Crippen LogP contribution in [-0.2, 0) is 11.2 Å². The van der Waals surface area contributed by atoms with Crippen LogP contribution in [0.1, 0.15) is 25.8 Å². The van der Waals surface area contributed by atoms with Crippen LogP contribution in [0.15, 0.2) is 18.5 Å². The lowest BCUT2D eigenvalue weighted by Crippen LogP contribution is -2.08. The standard InChI is InChI=1S/C11H15NO3/c1-8(2)15-10-5-6-12-7-9(10)3-4-11(13)14/h5-8H,3-4H2,1-2H3,(H,13,14). The topological polar surface area (TPSA) is 59.4 Å². The van der Waals surface area contributed by atoms with Crippen molar-refractivity contribution >= 4 is 5.97 Å². The third-order valence-corrected chi connectivity index (χ3v) is 1.83. The zero-order valence-corrected chi connectivity index (χ0v) is 8.93. The van der Waals surface area contributed by atoms with Crippen molar-refractivity contribution in [1.29, 1.82) is 0 Å².